The summed E-state index contributed by atoms with van der Waals surface area (Å²) in [6.07, 6.45) is 0. The van der Waals surface area contributed by atoms with E-state index in [1.54, 1.807) is 30.3 Å². The van der Waals surface area contributed by atoms with Crippen molar-refractivity contribution in [3.8, 4) is 17.6 Å². The number of amides is 1. The minimum Gasteiger partial charge on any atom is -0.493 e. The Kier molecular flexibility index (Phi) is 8.18. The molecule has 8 heteroatoms. The molecule has 0 spiro atoms. The van der Waals surface area contributed by atoms with Crippen molar-refractivity contribution in [2.24, 2.45) is 0 Å². The summed E-state index contributed by atoms with van der Waals surface area (Å²) >= 11 is 1.31. The molecule has 146 valence electrons. The lowest BCUT2D eigenvalue weighted by molar-refractivity contribution is -0.149. The van der Waals surface area contributed by atoms with Crippen LogP contribution in [0.25, 0.3) is 0 Å². The van der Waals surface area contributed by atoms with Gasteiger partial charge in [-0.15, -0.1) is 11.8 Å². The smallest absolute Gasteiger partial charge is 0.344 e. The third-order valence-corrected chi connectivity index (χ3v) is 4.42. The Labute approximate surface area is 167 Å². The number of hydrogen-bond acceptors (Lipinski definition) is 7. The number of methoxy groups -OCH3 is 1. The second kappa shape index (κ2) is 10.8. The Morgan fingerprint density at radius 3 is 2.68 bits per heavy atom. The van der Waals surface area contributed by atoms with Crippen LogP contribution in [-0.4, -0.2) is 38.0 Å². The van der Waals surface area contributed by atoms with Gasteiger partial charge in [0, 0.05) is 4.90 Å². The van der Waals surface area contributed by atoms with Crippen molar-refractivity contribution in [2.75, 3.05) is 31.4 Å². The van der Waals surface area contributed by atoms with Crippen molar-refractivity contribution < 1.29 is 23.8 Å². The first-order valence-electron chi connectivity index (χ1n) is 8.35. The number of benzene rings is 2. The Balaban J connectivity index is 1.82. The first kappa shape index (κ1) is 21.1. The number of nitrogens with one attached hydrogen (secondary N) is 1. The number of carbonyl (C=O) groups excluding carboxylic acids is 2. The van der Waals surface area contributed by atoms with Crippen molar-refractivity contribution >= 4 is 29.3 Å². The van der Waals surface area contributed by atoms with Crippen molar-refractivity contribution in [2.45, 2.75) is 11.8 Å². The molecule has 0 saturated heterocycles. The van der Waals surface area contributed by atoms with Crippen molar-refractivity contribution in [3.63, 3.8) is 0 Å². The standard InChI is InChI=1S/C20H20N2O5S/c1-14-7-8-16(17(11-14)25-2)26-13-20(24)27-12-19(23)22-15-5-3-4-6-18(15)28-10-9-21/h3-8,11H,10,12-13H2,1-2H3,(H,22,23). The van der Waals surface area contributed by atoms with Crippen LogP contribution in [0.15, 0.2) is 47.4 Å². The van der Waals surface area contributed by atoms with Gasteiger partial charge >= 0.3 is 5.97 Å². The van der Waals surface area contributed by atoms with Crippen LogP contribution < -0.4 is 14.8 Å². The Bertz CT molecular complexity index is 879. The van der Waals surface area contributed by atoms with Gasteiger partial charge in [-0.1, -0.05) is 18.2 Å². The molecule has 1 N–H and O–H groups in total. The highest BCUT2D eigenvalue weighted by molar-refractivity contribution is 7.99. The molecule has 0 aliphatic heterocycles. The molecule has 0 atom stereocenters. The van der Waals surface area contributed by atoms with E-state index in [2.05, 4.69) is 5.32 Å². The zero-order chi connectivity index (χ0) is 20.4. The minimum atomic E-state index is -0.676. The quantitative estimate of drug-likeness (QED) is 0.510. The second-order valence-electron chi connectivity index (χ2n) is 5.59. The van der Waals surface area contributed by atoms with Crippen molar-refractivity contribution in [1.82, 2.24) is 0 Å². The summed E-state index contributed by atoms with van der Waals surface area (Å²) in [5, 5.41) is 11.4. The summed E-state index contributed by atoms with van der Waals surface area (Å²) in [4.78, 5) is 24.6. The van der Waals surface area contributed by atoms with Crippen LogP contribution in [-0.2, 0) is 14.3 Å². The summed E-state index contributed by atoms with van der Waals surface area (Å²) in [5.74, 6) is 0.0351. The highest BCUT2D eigenvalue weighted by Crippen LogP contribution is 2.28. The number of ether oxygens (including phenoxy) is 3. The summed E-state index contributed by atoms with van der Waals surface area (Å²) in [5.41, 5.74) is 1.56. The number of aryl methyl sites for hydroxylation is 1. The lowest BCUT2D eigenvalue weighted by Gasteiger charge is -2.12. The fourth-order valence-electron chi connectivity index (χ4n) is 2.21. The first-order valence-corrected chi connectivity index (χ1v) is 9.33. The number of para-hydroxylation sites is 1. The number of esters is 1. The largest absolute Gasteiger partial charge is 0.493 e. The molecule has 1 amide bonds. The number of nitriles is 1. The zero-order valence-corrected chi connectivity index (χ0v) is 16.4. The van der Waals surface area contributed by atoms with E-state index < -0.39 is 18.5 Å². The molecule has 2 aromatic rings. The first-order chi connectivity index (χ1) is 13.5. The number of nitrogens with zero attached hydrogens (tertiary/aromatic N) is 1. The molecule has 0 aliphatic carbocycles. The predicted octanol–water partition coefficient (Wildman–Crippen LogP) is 3.18. The normalized spacial score (nSPS) is 9.89. The third kappa shape index (κ3) is 6.52. The average Bonchev–Trinajstić information content (AvgIpc) is 2.70. The average molecular weight is 400 g/mol. The van der Waals surface area contributed by atoms with E-state index >= 15 is 0 Å². The predicted molar refractivity (Wildman–Crippen MR) is 106 cm³/mol. The highest BCUT2D eigenvalue weighted by Gasteiger charge is 2.12. The van der Waals surface area contributed by atoms with Gasteiger partial charge in [0.2, 0.25) is 0 Å². The Morgan fingerprint density at radius 2 is 1.93 bits per heavy atom. The van der Waals surface area contributed by atoms with Crippen LogP contribution in [0.4, 0.5) is 5.69 Å². The van der Waals surface area contributed by atoms with Gasteiger partial charge in [0.05, 0.1) is 24.6 Å². The van der Waals surface area contributed by atoms with Crippen molar-refractivity contribution in [3.05, 3.63) is 48.0 Å². The van der Waals surface area contributed by atoms with E-state index in [-0.39, 0.29) is 12.4 Å². The van der Waals surface area contributed by atoms with E-state index in [0.717, 1.165) is 10.5 Å². The Morgan fingerprint density at radius 1 is 1.14 bits per heavy atom. The monoisotopic (exact) mass is 400 g/mol. The van der Waals surface area contributed by atoms with Crippen LogP contribution in [0.5, 0.6) is 11.5 Å². The fourth-order valence-corrected chi connectivity index (χ4v) is 2.88. The van der Waals surface area contributed by atoms with Gasteiger partial charge in [0.15, 0.2) is 24.7 Å². The van der Waals surface area contributed by atoms with E-state index in [9.17, 15) is 9.59 Å². The van der Waals surface area contributed by atoms with E-state index in [4.69, 9.17) is 19.5 Å². The van der Waals surface area contributed by atoms with Gasteiger partial charge in [-0.25, -0.2) is 4.79 Å². The Hall–Kier alpha value is -3.18. The van der Waals surface area contributed by atoms with Gasteiger partial charge < -0.3 is 19.5 Å². The maximum Gasteiger partial charge on any atom is 0.344 e. The molecule has 28 heavy (non-hydrogen) atoms. The van der Waals surface area contributed by atoms with Gasteiger partial charge in [-0.05, 0) is 36.8 Å². The summed E-state index contributed by atoms with van der Waals surface area (Å²) in [6, 6.07) is 14.4. The molecule has 0 heterocycles. The van der Waals surface area contributed by atoms with Gasteiger partial charge in [-0.3, -0.25) is 4.79 Å². The van der Waals surface area contributed by atoms with E-state index in [1.165, 1.54) is 18.9 Å². The summed E-state index contributed by atoms with van der Waals surface area (Å²) in [6.45, 7) is 1.13. The highest BCUT2D eigenvalue weighted by atomic mass is 32.2. The minimum absolute atomic E-state index is 0.266. The second-order valence-corrected chi connectivity index (χ2v) is 6.61. The molecule has 0 aromatic heterocycles. The molecular formula is C20H20N2O5S. The zero-order valence-electron chi connectivity index (χ0n) is 15.6. The molecule has 0 saturated carbocycles. The van der Waals surface area contributed by atoms with Gasteiger partial charge in [0.25, 0.3) is 5.91 Å². The maximum atomic E-state index is 12.0. The summed E-state index contributed by atoms with van der Waals surface area (Å²) in [7, 11) is 1.51. The number of carbonyl (C=O) groups is 2. The molecule has 0 bridgehead atoms. The number of thioether (sulfide) groups is 1. The van der Waals surface area contributed by atoms with Crippen LogP contribution in [0, 0.1) is 18.3 Å². The number of rotatable bonds is 9. The van der Waals surface area contributed by atoms with Crippen LogP contribution in [0.2, 0.25) is 0 Å². The van der Waals surface area contributed by atoms with E-state index in [0.29, 0.717) is 17.2 Å². The SMILES string of the molecule is COc1cc(C)ccc1OCC(=O)OCC(=O)Nc1ccccc1SCC#N. The van der Waals surface area contributed by atoms with Crippen molar-refractivity contribution in [1.29, 1.82) is 5.26 Å². The molecule has 0 fully saturated rings. The van der Waals surface area contributed by atoms with E-state index in [1.807, 2.05) is 25.1 Å². The number of anilines is 1. The topological polar surface area (TPSA) is 97.7 Å². The fraction of sp³-hybridized carbons (Fsp3) is 0.250. The lowest BCUT2D eigenvalue weighted by Crippen LogP contribution is -2.24. The van der Waals surface area contributed by atoms with Crippen LogP contribution >= 0.6 is 11.8 Å². The number of hydrogen-bond donors (Lipinski definition) is 1. The van der Waals surface area contributed by atoms with Gasteiger partial charge in [0.1, 0.15) is 0 Å². The molecule has 2 aromatic carbocycles. The summed E-state index contributed by atoms with van der Waals surface area (Å²) < 4.78 is 15.5. The molecule has 7 nitrogen and oxygen atoms in total. The molecule has 0 radical (unpaired) electrons. The third-order valence-electron chi connectivity index (χ3n) is 3.48. The maximum absolute atomic E-state index is 12.0. The lowest BCUT2D eigenvalue weighted by atomic mass is 10.2. The molecule has 0 unspecified atom stereocenters. The van der Waals surface area contributed by atoms with Crippen LogP contribution in [0.3, 0.4) is 0 Å². The van der Waals surface area contributed by atoms with Gasteiger partial charge in [-0.2, -0.15) is 5.26 Å². The molecular weight excluding hydrogens is 380 g/mol. The molecule has 0 aliphatic rings. The van der Waals surface area contributed by atoms with Crippen LogP contribution in [0.1, 0.15) is 5.56 Å². The molecule has 2 rings (SSSR count).